The first kappa shape index (κ1) is 21.8. The van der Waals surface area contributed by atoms with E-state index < -0.39 is 34.5 Å². The molecule has 30 heavy (non-hydrogen) atoms. The van der Waals surface area contributed by atoms with Gasteiger partial charge in [0, 0.05) is 5.02 Å². The highest BCUT2D eigenvalue weighted by molar-refractivity contribution is 6.37. The van der Waals surface area contributed by atoms with Crippen molar-refractivity contribution in [2.75, 3.05) is 0 Å². The van der Waals surface area contributed by atoms with Crippen molar-refractivity contribution in [2.24, 2.45) is 5.41 Å². The van der Waals surface area contributed by atoms with E-state index in [2.05, 4.69) is 6.58 Å². The Morgan fingerprint density at radius 2 is 1.63 bits per heavy atom. The molecule has 0 heterocycles. The highest BCUT2D eigenvalue weighted by atomic mass is 35.5. The van der Waals surface area contributed by atoms with E-state index in [0.717, 1.165) is 6.07 Å². The van der Waals surface area contributed by atoms with Crippen molar-refractivity contribution in [3.8, 4) is 11.1 Å². The van der Waals surface area contributed by atoms with Crippen LogP contribution in [0.4, 0.5) is 13.2 Å². The van der Waals surface area contributed by atoms with Crippen LogP contribution in [0, 0.1) is 12.3 Å². The van der Waals surface area contributed by atoms with Crippen molar-refractivity contribution in [2.45, 2.75) is 26.9 Å². The lowest BCUT2D eigenvalue weighted by Gasteiger charge is -2.30. The zero-order valence-corrected chi connectivity index (χ0v) is 17.2. The molecule has 156 valence electrons. The first-order chi connectivity index (χ1) is 13.8. The van der Waals surface area contributed by atoms with Crippen molar-refractivity contribution < 1.29 is 27.9 Å². The highest BCUT2D eigenvalue weighted by Gasteiger charge is 2.46. The summed E-state index contributed by atoms with van der Waals surface area (Å²) >= 11 is 5.76. The Morgan fingerprint density at radius 3 is 2.23 bits per heavy atom. The number of carbonyl (C=O) groups excluding carboxylic acids is 2. The van der Waals surface area contributed by atoms with Gasteiger partial charge in [-0.1, -0.05) is 36.4 Å². The topological polar surface area (TPSA) is 54.4 Å². The Kier molecular flexibility index (Phi) is 5.19. The third-order valence-electron chi connectivity index (χ3n) is 5.26. The summed E-state index contributed by atoms with van der Waals surface area (Å²) in [6, 6.07) is 7.88. The van der Waals surface area contributed by atoms with Crippen LogP contribution in [0.15, 0.2) is 54.3 Å². The molecule has 2 aromatic rings. The average Bonchev–Trinajstić information content (AvgIpc) is 2.66. The largest absolute Gasteiger partial charge is 0.506 e. The van der Waals surface area contributed by atoms with Gasteiger partial charge >= 0.3 is 6.18 Å². The van der Waals surface area contributed by atoms with Crippen LogP contribution in [0.25, 0.3) is 16.7 Å². The number of aryl methyl sites for hydroxylation is 1. The van der Waals surface area contributed by atoms with Gasteiger partial charge in [-0.05, 0) is 61.2 Å². The minimum atomic E-state index is -4.64. The van der Waals surface area contributed by atoms with Crippen molar-refractivity contribution >= 4 is 28.7 Å². The van der Waals surface area contributed by atoms with Gasteiger partial charge in [0.25, 0.3) is 0 Å². The normalized spacial score (nSPS) is 17.0. The first-order valence-corrected chi connectivity index (χ1v) is 9.35. The van der Waals surface area contributed by atoms with E-state index in [1.165, 1.54) is 38.1 Å². The molecule has 0 spiro atoms. The summed E-state index contributed by atoms with van der Waals surface area (Å²) in [4.78, 5) is 25.4. The van der Waals surface area contributed by atoms with Gasteiger partial charge in [-0.15, -0.1) is 0 Å². The zero-order valence-electron chi connectivity index (χ0n) is 16.4. The number of benzene rings is 2. The molecule has 1 aliphatic carbocycles. The second-order valence-electron chi connectivity index (χ2n) is 7.70. The van der Waals surface area contributed by atoms with Crippen LogP contribution in [0.5, 0.6) is 0 Å². The van der Waals surface area contributed by atoms with Crippen LogP contribution >= 0.6 is 11.6 Å². The van der Waals surface area contributed by atoms with Crippen LogP contribution < -0.4 is 0 Å². The lowest BCUT2D eigenvalue weighted by atomic mass is 9.70. The minimum Gasteiger partial charge on any atom is -0.506 e. The number of ketones is 2. The van der Waals surface area contributed by atoms with E-state index in [1.807, 2.05) is 0 Å². The molecule has 3 nitrogen and oxygen atoms in total. The van der Waals surface area contributed by atoms with E-state index in [9.17, 15) is 27.9 Å². The Hall–Kier alpha value is -2.86. The van der Waals surface area contributed by atoms with Gasteiger partial charge in [0.2, 0.25) is 0 Å². The van der Waals surface area contributed by atoms with Gasteiger partial charge in [-0.3, -0.25) is 9.59 Å². The molecule has 0 aliphatic heterocycles. The van der Waals surface area contributed by atoms with Crippen molar-refractivity contribution in [3.63, 3.8) is 0 Å². The number of aliphatic hydroxyl groups is 1. The zero-order chi connectivity index (χ0) is 22.6. The number of halogens is 4. The number of carbonyl (C=O) groups is 2. The van der Waals surface area contributed by atoms with E-state index >= 15 is 0 Å². The fourth-order valence-corrected chi connectivity index (χ4v) is 3.64. The van der Waals surface area contributed by atoms with Gasteiger partial charge in [0.15, 0.2) is 11.6 Å². The molecule has 0 saturated carbocycles. The molecule has 0 atom stereocenters. The second kappa shape index (κ2) is 7.13. The maximum atomic E-state index is 13.6. The summed E-state index contributed by atoms with van der Waals surface area (Å²) in [7, 11) is 0. The molecule has 3 rings (SSSR count). The molecule has 1 aliphatic rings. The molecule has 0 unspecified atom stereocenters. The average molecular weight is 435 g/mol. The monoisotopic (exact) mass is 434 g/mol. The van der Waals surface area contributed by atoms with Crippen LogP contribution in [0.1, 0.15) is 30.5 Å². The number of aliphatic hydroxyl groups excluding tert-OH is 1. The van der Waals surface area contributed by atoms with E-state index in [1.54, 1.807) is 13.0 Å². The fraction of sp³-hybridized carbons (Fsp3) is 0.217. The van der Waals surface area contributed by atoms with E-state index in [0.29, 0.717) is 5.56 Å². The predicted octanol–water partition coefficient (Wildman–Crippen LogP) is 6.34. The van der Waals surface area contributed by atoms with Gasteiger partial charge < -0.3 is 5.11 Å². The Balaban J connectivity index is 2.28. The molecule has 1 N–H and O–H groups in total. The third kappa shape index (κ3) is 3.45. The molecular formula is C23H18ClF3O3. The highest BCUT2D eigenvalue weighted by Crippen LogP contribution is 2.43. The predicted molar refractivity (Wildman–Crippen MR) is 109 cm³/mol. The van der Waals surface area contributed by atoms with Crippen LogP contribution in [-0.2, 0) is 15.8 Å². The van der Waals surface area contributed by atoms with Crippen molar-refractivity contribution in [3.05, 3.63) is 76.0 Å². The summed E-state index contributed by atoms with van der Waals surface area (Å²) in [6.07, 6.45) is -4.64. The van der Waals surface area contributed by atoms with E-state index in [4.69, 9.17) is 11.6 Å². The molecule has 0 bridgehead atoms. The Labute approximate surface area is 176 Å². The molecule has 0 aromatic heterocycles. The molecule has 2 aromatic carbocycles. The van der Waals surface area contributed by atoms with Crippen molar-refractivity contribution in [1.82, 2.24) is 0 Å². The maximum absolute atomic E-state index is 13.6. The Bertz CT molecular complexity index is 1140. The van der Waals surface area contributed by atoms with Crippen LogP contribution in [-0.4, -0.2) is 16.7 Å². The number of rotatable bonds is 2. The summed E-state index contributed by atoms with van der Waals surface area (Å²) in [6.45, 7) is 8.09. The summed E-state index contributed by atoms with van der Waals surface area (Å²) in [5, 5.41) is 10.5. The number of alkyl halides is 3. The third-order valence-corrected chi connectivity index (χ3v) is 5.50. The number of hydrogen-bond acceptors (Lipinski definition) is 3. The minimum absolute atomic E-state index is 0.0576. The molecule has 7 heteroatoms. The molecule has 0 amide bonds. The van der Waals surface area contributed by atoms with Gasteiger partial charge in [-0.2, -0.15) is 13.2 Å². The van der Waals surface area contributed by atoms with Gasteiger partial charge in [0.1, 0.15) is 5.76 Å². The smallest absolute Gasteiger partial charge is 0.417 e. The fourth-order valence-electron chi connectivity index (χ4n) is 3.47. The summed E-state index contributed by atoms with van der Waals surface area (Å²) < 4.78 is 40.7. The molecule has 0 saturated heterocycles. The van der Waals surface area contributed by atoms with Gasteiger partial charge in [0.05, 0.1) is 22.1 Å². The Morgan fingerprint density at radius 1 is 1.00 bits per heavy atom. The standard InChI is InChI=1S/C23H18ClF3O3/c1-11-5-6-13(15-8-7-14(24)10-17(15)23(25,26)27)9-16(11)18-19(28)12(2)20(29)22(3,4)21(18)30/h5-10,28H,2H2,1,3-4H3. The van der Waals surface area contributed by atoms with Crippen molar-refractivity contribution in [1.29, 1.82) is 0 Å². The van der Waals surface area contributed by atoms with Gasteiger partial charge in [-0.25, -0.2) is 0 Å². The molecular weight excluding hydrogens is 417 g/mol. The number of hydrogen-bond donors (Lipinski definition) is 1. The lowest BCUT2D eigenvalue weighted by Crippen LogP contribution is -2.39. The van der Waals surface area contributed by atoms with Crippen LogP contribution in [0.3, 0.4) is 0 Å². The SMILES string of the molecule is C=C1C(=O)C(C)(C)C(=O)C(c2cc(-c3ccc(Cl)cc3C(F)(F)F)ccc2C)=C1O. The second-order valence-corrected chi connectivity index (χ2v) is 8.14. The van der Waals surface area contributed by atoms with E-state index in [-0.39, 0.29) is 32.9 Å². The quantitative estimate of drug-likeness (QED) is 0.443. The summed E-state index contributed by atoms with van der Waals surface area (Å²) in [5.74, 6) is -1.78. The molecule has 0 fully saturated rings. The lowest BCUT2D eigenvalue weighted by molar-refractivity contribution is -0.137. The molecule has 0 radical (unpaired) electrons. The number of Topliss-reactive ketones (excluding diaryl/α,β-unsaturated/α-hetero) is 2. The van der Waals surface area contributed by atoms with Crippen LogP contribution in [0.2, 0.25) is 5.02 Å². The first-order valence-electron chi connectivity index (χ1n) is 8.97. The summed E-state index contributed by atoms with van der Waals surface area (Å²) in [5.41, 5.74) is -1.85. The number of allylic oxidation sites excluding steroid dienone is 2. The maximum Gasteiger partial charge on any atom is 0.417 e.